The summed E-state index contributed by atoms with van der Waals surface area (Å²) in [6, 6.07) is 0. The van der Waals surface area contributed by atoms with Gasteiger partial charge in [0.1, 0.15) is 14.2 Å². The third kappa shape index (κ3) is 4.27. The predicted molar refractivity (Wildman–Crippen MR) is 62.7 cm³/mol. The van der Waals surface area contributed by atoms with Gasteiger partial charge < -0.3 is 10.2 Å². The van der Waals surface area contributed by atoms with E-state index in [9.17, 15) is 5.11 Å². The van der Waals surface area contributed by atoms with E-state index in [0.717, 1.165) is 0 Å². The van der Waals surface area contributed by atoms with E-state index in [2.05, 4.69) is 45.3 Å². The van der Waals surface area contributed by atoms with E-state index in [-0.39, 0.29) is 11.6 Å². The number of aliphatic hydroxyl groups is 2. The van der Waals surface area contributed by atoms with Gasteiger partial charge in [-0.1, -0.05) is 39.8 Å². The van der Waals surface area contributed by atoms with E-state index >= 15 is 0 Å². The molecule has 0 rings (SSSR count). The van der Waals surface area contributed by atoms with Gasteiger partial charge in [0, 0.05) is 13.0 Å². The van der Waals surface area contributed by atoms with Crippen LogP contribution in [0.25, 0.3) is 0 Å². The lowest BCUT2D eigenvalue weighted by atomic mass is 10.2. The van der Waals surface area contributed by atoms with Gasteiger partial charge in [-0.25, -0.2) is 0 Å². The Morgan fingerprint density at radius 3 is 2.14 bits per heavy atom. The van der Waals surface area contributed by atoms with Crippen LogP contribution in [-0.2, 0) is 0 Å². The van der Waals surface area contributed by atoms with E-state index in [1.807, 2.05) is 0 Å². The molecule has 0 spiro atoms. The van der Waals surface area contributed by atoms with Crippen molar-refractivity contribution < 1.29 is 10.2 Å². The first-order valence-electron chi connectivity index (χ1n) is 5.02. The van der Waals surface area contributed by atoms with Crippen molar-refractivity contribution in [3.05, 3.63) is 0 Å². The van der Waals surface area contributed by atoms with E-state index in [1.54, 1.807) is 0 Å². The zero-order valence-electron chi connectivity index (χ0n) is 9.89. The lowest BCUT2D eigenvalue weighted by molar-refractivity contribution is 0.177. The van der Waals surface area contributed by atoms with Gasteiger partial charge in [0.05, 0.1) is 0 Å². The first kappa shape index (κ1) is 13.7. The van der Waals surface area contributed by atoms with Crippen LogP contribution in [0.15, 0.2) is 0 Å². The zero-order valence-corrected chi connectivity index (χ0v) is 10.9. The lowest BCUT2D eigenvalue weighted by Crippen LogP contribution is -2.36. The molecule has 0 saturated carbocycles. The van der Waals surface area contributed by atoms with Crippen LogP contribution in [-0.4, -0.2) is 31.0 Å². The number of aliphatic hydroxyl groups excluding tert-OH is 2. The van der Waals surface area contributed by atoms with Crippen LogP contribution in [0.4, 0.5) is 0 Å². The van der Waals surface area contributed by atoms with Crippen molar-refractivity contribution in [2.75, 3.05) is 6.61 Å². The molecule has 0 aliphatic rings. The quantitative estimate of drug-likeness (QED) is 0.543. The van der Waals surface area contributed by atoms with Crippen LogP contribution >= 0.6 is 0 Å². The standard InChI is InChI=1S/C11H22O2Si/c1-11(2,3)14(4,5)9-7-10(13)6-8-12/h10,12-13H,6,8H2,1-5H3. The SMILES string of the molecule is CC(C)(C)[Si](C)(C)C#CC(O)CCO. The Balaban J connectivity index is 4.49. The second-order valence-corrected chi connectivity index (χ2v) is 10.2. The van der Waals surface area contributed by atoms with Crippen LogP contribution in [0.5, 0.6) is 0 Å². The molecule has 0 aliphatic heterocycles. The summed E-state index contributed by atoms with van der Waals surface area (Å²) in [7, 11) is -1.60. The average Bonchev–Trinajstić information content (AvgIpc) is 1.99. The highest BCUT2D eigenvalue weighted by Gasteiger charge is 2.33. The Morgan fingerprint density at radius 1 is 1.29 bits per heavy atom. The van der Waals surface area contributed by atoms with Crippen LogP contribution < -0.4 is 0 Å². The fraction of sp³-hybridized carbons (Fsp3) is 0.818. The summed E-state index contributed by atoms with van der Waals surface area (Å²) in [5.74, 6) is 2.84. The molecule has 0 aromatic carbocycles. The van der Waals surface area contributed by atoms with E-state index < -0.39 is 14.2 Å². The van der Waals surface area contributed by atoms with Crippen LogP contribution in [0.3, 0.4) is 0 Å². The maximum absolute atomic E-state index is 9.37. The van der Waals surface area contributed by atoms with Crippen molar-refractivity contribution in [3.63, 3.8) is 0 Å². The van der Waals surface area contributed by atoms with E-state index in [0.29, 0.717) is 6.42 Å². The van der Waals surface area contributed by atoms with Crippen molar-refractivity contribution in [3.8, 4) is 11.5 Å². The molecule has 0 heterocycles. The van der Waals surface area contributed by atoms with Gasteiger partial charge in [-0.05, 0) is 5.04 Å². The van der Waals surface area contributed by atoms with Crippen molar-refractivity contribution in [2.24, 2.45) is 0 Å². The van der Waals surface area contributed by atoms with Crippen molar-refractivity contribution >= 4 is 8.07 Å². The average molecular weight is 214 g/mol. The van der Waals surface area contributed by atoms with Gasteiger partial charge in [-0.2, -0.15) is 0 Å². The fourth-order valence-corrected chi connectivity index (χ4v) is 1.55. The summed E-state index contributed by atoms with van der Waals surface area (Å²) in [5.41, 5.74) is 3.21. The molecule has 14 heavy (non-hydrogen) atoms. The van der Waals surface area contributed by atoms with E-state index in [4.69, 9.17) is 5.11 Å². The summed E-state index contributed by atoms with van der Waals surface area (Å²) < 4.78 is 0. The molecule has 0 amide bonds. The highest BCUT2D eigenvalue weighted by atomic mass is 28.3. The van der Waals surface area contributed by atoms with Crippen LogP contribution in [0.1, 0.15) is 27.2 Å². The lowest BCUT2D eigenvalue weighted by Gasteiger charge is -2.31. The second-order valence-electron chi connectivity index (χ2n) is 5.17. The van der Waals surface area contributed by atoms with Gasteiger partial charge in [0.2, 0.25) is 0 Å². The van der Waals surface area contributed by atoms with Gasteiger partial charge in [0.25, 0.3) is 0 Å². The molecule has 2 N–H and O–H groups in total. The van der Waals surface area contributed by atoms with Crippen LogP contribution in [0.2, 0.25) is 18.1 Å². The molecule has 0 fully saturated rings. The minimum atomic E-state index is -1.60. The summed E-state index contributed by atoms with van der Waals surface area (Å²) in [6.45, 7) is 11.0. The first-order chi connectivity index (χ1) is 6.20. The molecule has 0 aromatic heterocycles. The molecule has 0 aliphatic carbocycles. The first-order valence-corrected chi connectivity index (χ1v) is 8.02. The zero-order chi connectivity index (χ0) is 11.4. The van der Waals surface area contributed by atoms with Crippen molar-refractivity contribution in [2.45, 2.75) is 51.4 Å². The van der Waals surface area contributed by atoms with Gasteiger partial charge in [0.15, 0.2) is 0 Å². The molecule has 3 heteroatoms. The monoisotopic (exact) mass is 214 g/mol. The molecule has 0 saturated heterocycles. The fourth-order valence-electron chi connectivity index (χ4n) is 0.646. The summed E-state index contributed by atoms with van der Waals surface area (Å²) in [5, 5.41) is 18.2. The van der Waals surface area contributed by atoms with Crippen molar-refractivity contribution in [1.29, 1.82) is 0 Å². The van der Waals surface area contributed by atoms with Crippen molar-refractivity contribution in [1.82, 2.24) is 0 Å². The molecule has 0 aromatic rings. The number of hydrogen-bond acceptors (Lipinski definition) is 2. The Labute approximate surface area is 88.4 Å². The Kier molecular flexibility index (Phi) is 4.86. The summed E-state index contributed by atoms with van der Waals surface area (Å²) >= 11 is 0. The Hall–Kier alpha value is -0.303. The summed E-state index contributed by atoms with van der Waals surface area (Å²) in [6.07, 6.45) is -0.323. The molecule has 2 nitrogen and oxygen atoms in total. The number of rotatable bonds is 2. The third-order valence-corrected chi connectivity index (χ3v) is 7.35. The largest absolute Gasteiger partial charge is 0.396 e. The maximum Gasteiger partial charge on any atom is 0.137 e. The number of hydrogen-bond donors (Lipinski definition) is 2. The molecule has 82 valence electrons. The molecular weight excluding hydrogens is 192 g/mol. The van der Waals surface area contributed by atoms with E-state index in [1.165, 1.54) is 0 Å². The topological polar surface area (TPSA) is 40.5 Å². The highest BCUT2D eigenvalue weighted by Crippen LogP contribution is 2.35. The minimum absolute atomic E-state index is 0.00660. The second kappa shape index (κ2) is 4.97. The maximum atomic E-state index is 9.37. The molecule has 0 bridgehead atoms. The van der Waals surface area contributed by atoms with Gasteiger partial charge in [-0.15, -0.1) is 5.54 Å². The normalized spacial score (nSPS) is 14.5. The molecule has 0 radical (unpaired) electrons. The van der Waals surface area contributed by atoms with Gasteiger partial charge >= 0.3 is 0 Å². The minimum Gasteiger partial charge on any atom is -0.396 e. The Bertz CT molecular complexity index is 230. The molecule has 1 unspecified atom stereocenters. The van der Waals surface area contributed by atoms with Gasteiger partial charge in [-0.3, -0.25) is 0 Å². The van der Waals surface area contributed by atoms with Crippen LogP contribution in [0, 0.1) is 11.5 Å². The highest BCUT2D eigenvalue weighted by molar-refractivity contribution is 6.87. The third-order valence-electron chi connectivity index (χ3n) is 2.83. The molecular formula is C11H22O2Si. The summed E-state index contributed by atoms with van der Waals surface area (Å²) in [4.78, 5) is 0. The predicted octanol–water partition coefficient (Wildman–Crippen LogP) is 1.78. The Morgan fingerprint density at radius 2 is 1.79 bits per heavy atom. The molecule has 1 atom stereocenters. The smallest absolute Gasteiger partial charge is 0.137 e.